The summed E-state index contributed by atoms with van der Waals surface area (Å²) in [6.07, 6.45) is 1.99. The predicted molar refractivity (Wildman–Crippen MR) is 81.0 cm³/mol. The number of fused-ring (bicyclic) bond motifs is 1. The molecule has 1 aromatic rings. The fraction of sp³-hybridized carbons (Fsp3) is 0.571. The summed E-state index contributed by atoms with van der Waals surface area (Å²) in [6.45, 7) is 1.42. The van der Waals surface area contributed by atoms with Gasteiger partial charge in [-0.15, -0.1) is 0 Å². The van der Waals surface area contributed by atoms with Crippen molar-refractivity contribution in [3.05, 3.63) is 34.2 Å². The summed E-state index contributed by atoms with van der Waals surface area (Å²) in [7, 11) is -1.66. The molecule has 3 rings (SSSR count). The third kappa shape index (κ3) is 2.46. The van der Waals surface area contributed by atoms with Crippen molar-refractivity contribution in [2.45, 2.75) is 12.5 Å². The Bertz CT molecular complexity index is 771. The smallest absolute Gasteiger partial charge is 0.270 e. The van der Waals surface area contributed by atoms with Gasteiger partial charge in [0.2, 0.25) is 10.0 Å². The second-order valence-electron chi connectivity index (χ2n) is 6.00. The zero-order chi connectivity index (χ0) is 16.1. The van der Waals surface area contributed by atoms with Gasteiger partial charge in [0.15, 0.2) is 0 Å². The zero-order valence-electron chi connectivity index (χ0n) is 12.6. The number of aromatic nitrogens is 1. The molecule has 1 aromatic heterocycles. The Balaban J connectivity index is 1.86. The van der Waals surface area contributed by atoms with Crippen LogP contribution in [-0.2, 0) is 17.1 Å². The minimum absolute atomic E-state index is 0.0995. The first-order valence-corrected chi connectivity index (χ1v) is 9.06. The van der Waals surface area contributed by atoms with Crippen LogP contribution in [0.2, 0.25) is 0 Å². The summed E-state index contributed by atoms with van der Waals surface area (Å²) in [5.41, 5.74) is 0.108. The molecule has 2 saturated heterocycles. The lowest BCUT2D eigenvalue weighted by Gasteiger charge is -2.25. The average molecular weight is 325 g/mol. The Morgan fingerprint density at radius 2 is 2.00 bits per heavy atom. The molecular formula is C14H19N3O4S. The summed E-state index contributed by atoms with van der Waals surface area (Å²) < 4.78 is 26.1. The average Bonchev–Trinajstić information content (AvgIpc) is 3.00. The number of rotatable bonds is 2. The van der Waals surface area contributed by atoms with Crippen LogP contribution in [0.1, 0.15) is 16.9 Å². The molecule has 0 radical (unpaired) electrons. The maximum Gasteiger partial charge on any atom is 0.270 e. The molecule has 1 amide bonds. The highest BCUT2D eigenvalue weighted by atomic mass is 32.2. The van der Waals surface area contributed by atoms with Crippen LogP contribution in [0.5, 0.6) is 0 Å². The molecule has 2 fully saturated rings. The lowest BCUT2D eigenvalue weighted by molar-refractivity contribution is 0.0721. The second kappa shape index (κ2) is 5.20. The highest BCUT2D eigenvalue weighted by molar-refractivity contribution is 7.88. The summed E-state index contributed by atoms with van der Waals surface area (Å²) in [5, 5.41) is 0. The normalized spacial score (nSPS) is 25.5. The van der Waals surface area contributed by atoms with Gasteiger partial charge < -0.3 is 9.47 Å². The largest absolute Gasteiger partial charge is 0.333 e. The van der Waals surface area contributed by atoms with Gasteiger partial charge in [-0.1, -0.05) is 6.07 Å². The molecule has 0 bridgehead atoms. The molecule has 8 heteroatoms. The van der Waals surface area contributed by atoms with E-state index in [1.807, 2.05) is 0 Å². The highest BCUT2D eigenvalue weighted by Gasteiger charge is 2.46. The number of nitrogens with zero attached hydrogens (tertiary/aromatic N) is 3. The van der Waals surface area contributed by atoms with E-state index in [2.05, 4.69) is 0 Å². The van der Waals surface area contributed by atoms with E-state index in [1.165, 1.54) is 21.2 Å². The van der Waals surface area contributed by atoms with E-state index in [0.29, 0.717) is 25.3 Å². The Labute approximate surface area is 129 Å². The second-order valence-corrected chi connectivity index (χ2v) is 7.99. The molecule has 2 aliphatic heterocycles. The number of carbonyl (C=O) groups excluding carboxylic acids is 1. The van der Waals surface area contributed by atoms with Gasteiger partial charge in [0.05, 0.1) is 6.26 Å². The van der Waals surface area contributed by atoms with Crippen LogP contribution in [-0.4, -0.2) is 60.0 Å². The fourth-order valence-electron chi connectivity index (χ4n) is 3.37. The van der Waals surface area contributed by atoms with Crippen LogP contribution in [0.25, 0.3) is 0 Å². The van der Waals surface area contributed by atoms with Crippen LogP contribution in [0, 0.1) is 5.92 Å². The number of carbonyl (C=O) groups is 1. The molecule has 0 saturated carbocycles. The van der Waals surface area contributed by atoms with Crippen molar-refractivity contribution in [2.75, 3.05) is 25.9 Å². The van der Waals surface area contributed by atoms with E-state index < -0.39 is 10.0 Å². The van der Waals surface area contributed by atoms with Gasteiger partial charge in [0.25, 0.3) is 11.5 Å². The van der Waals surface area contributed by atoms with E-state index in [9.17, 15) is 18.0 Å². The minimum atomic E-state index is -3.23. The third-order valence-electron chi connectivity index (χ3n) is 4.65. The SMILES string of the molecule is Cn1c(C(=O)N2CC[C@H]3CN(S(C)(=O)=O)C[C@H]32)cccc1=O. The lowest BCUT2D eigenvalue weighted by atomic mass is 10.1. The Hall–Kier alpha value is -1.67. The van der Waals surface area contributed by atoms with Gasteiger partial charge in [0.1, 0.15) is 5.69 Å². The van der Waals surface area contributed by atoms with Crippen LogP contribution in [0.3, 0.4) is 0 Å². The topological polar surface area (TPSA) is 79.7 Å². The number of likely N-dealkylation sites (tertiary alicyclic amines) is 1. The summed E-state index contributed by atoms with van der Waals surface area (Å²) >= 11 is 0. The van der Waals surface area contributed by atoms with E-state index in [1.54, 1.807) is 24.1 Å². The Morgan fingerprint density at radius 1 is 1.27 bits per heavy atom. The summed E-state index contributed by atoms with van der Waals surface area (Å²) in [4.78, 5) is 26.1. The predicted octanol–water partition coefficient (Wildman–Crippen LogP) is -0.509. The molecule has 0 N–H and O–H groups in total. The zero-order valence-corrected chi connectivity index (χ0v) is 13.4. The van der Waals surface area contributed by atoms with Crippen molar-refractivity contribution in [3.63, 3.8) is 0 Å². The highest BCUT2D eigenvalue weighted by Crippen LogP contribution is 2.33. The molecule has 120 valence electrons. The minimum Gasteiger partial charge on any atom is -0.333 e. The first-order chi connectivity index (χ1) is 10.3. The van der Waals surface area contributed by atoms with Crippen molar-refractivity contribution >= 4 is 15.9 Å². The Morgan fingerprint density at radius 3 is 2.68 bits per heavy atom. The first kappa shape index (κ1) is 15.2. The van der Waals surface area contributed by atoms with Gasteiger partial charge in [0, 0.05) is 38.8 Å². The molecule has 22 heavy (non-hydrogen) atoms. The van der Waals surface area contributed by atoms with Crippen LogP contribution >= 0.6 is 0 Å². The molecule has 0 spiro atoms. The van der Waals surface area contributed by atoms with Gasteiger partial charge in [-0.2, -0.15) is 4.31 Å². The van der Waals surface area contributed by atoms with Gasteiger partial charge >= 0.3 is 0 Å². The number of hydrogen-bond donors (Lipinski definition) is 0. The van der Waals surface area contributed by atoms with E-state index >= 15 is 0 Å². The molecule has 0 aromatic carbocycles. The molecule has 7 nitrogen and oxygen atoms in total. The van der Waals surface area contributed by atoms with Crippen molar-refractivity contribution in [1.29, 1.82) is 0 Å². The van der Waals surface area contributed by atoms with E-state index in [-0.39, 0.29) is 23.4 Å². The van der Waals surface area contributed by atoms with Gasteiger partial charge in [-0.3, -0.25) is 9.59 Å². The quantitative estimate of drug-likeness (QED) is 0.734. The molecular weight excluding hydrogens is 306 g/mol. The monoisotopic (exact) mass is 325 g/mol. The Kier molecular flexibility index (Phi) is 3.60. The van der Waals surface area contributed by atoms with Crippen LogP contribution in [0.4, 0.5) is 0 Å². The standard InChI is InChI=1S/C14H19N3O4S/c1-15-11(4-3-5-13(15)18)14(19)17-7-6-10-8-16(9-12(10)17)22(2,20)21/h3-5,10,12H,6-9H2,1-2H3/t10-,12+/m0/s1. The molecule has 2 atom stereocenters. The number of pyridine rings is 1. The van der Waals surface area contributed by atoms with Crippen LogP contribution in [0.15, 0.2) is 23.0 Å². The number of amides is 1. The van der Waals surface area contributed by atoms with Crippen molar-refractivity contribution in [3.8, 4) is 0 Å². The lowest BCUT2D eigenvalue weighted by Crippen LogP contribution is -2.42. The molecule has 3 heterocycles. The number of hydrogen-bond acceptors (Lipinski definition) is 4. The van der Waals surface area contributed by atoms with Crippen molar-refractivity contribution in [1.82, 2.24) is 13.8 Å². The van der Waals surface area contributed by atoms with Crippen molar-refractivity contribution < 1.29 is 13.2 Å². The van der Waals surface area contributed by atoms with Crippen molar-refractivity contribution in [2.24, 2.45) is 13.0 Å². The van der Waals surface area contributed by atoms with E-state index in [0.717, 1.165) is 6.42 Å². The first-order valence-electron chi connectivity index (χ1n) is 7.21. The summed E-state index contributed by atoms with van der Waals surface area (Å²) in [5.74, 6) is -0.0255. The maximum atomic E-state index is 12.7. The molecule has 0 unspecified atom stereocenters. The van der Waals surface area contributed by atoms with E-state index in [4.69, 9.17) is 0 Å². The summed E-state index contributed by atoms with van der Waals surface area (Å²) in [6, 6.07) is 4.50. The molecule has 0 aliphatic carbocycles. The molecule has 2 aliphatic rings. The number of sulfonamides is 1. The maximum absolute atomic E-state index is 12.7. The third-order valence-corrected chi connectivity index (χ3v) is 5.88. The van der Waals surface area contributed by atoms with Gasteiger partial charge in [-0.25, -0.2) is 8.42 Å². The van der Waals surface area contributed by atoms with Gasteiger partial charge in [-0.05, 0) is 18.4 Å². The van der Waals surface area contributed by atoms with Crippen LogP contribution < -0.4 is 5.56 Å². The fourth-order valence-corrected chi connectivity index (χ4v) is 4.26.